The van der Waals surface area contributed by atoms with Gasteiger partial charge in [-0.1, -0.05) is 42.5 Å². The summed E-state index contributed by atoms with van der Waals surface area (Å²) < 4.78 is 0. The molecular weight excluding hydrogens is 222 g/mol. The largest absolute Gasteiger partial charge is 0.367 e. The van der Waals surface area contributed by atoms with Gasteiger partial charge in [-0.2, -0.15) is 4.98 Å². The quantitative estimate of drug-likeness (QED) is 0.770. The minimum atomic E-state index is 0.298. The van der Waals surface area contributed by atoms with E-state index in [0.29, 0.717) is 18.3 Å². The van der Waals surface area contributed by atoms with Crippen molar-refractivity contribution in [2.45, 2.75) is 6.54 Å². The molecule has 2 aromatic rings. The van der Waals surface area contributed by atoms with Gasteiger partial charge in [0, 0.05) is 5.37 Å². The normalized spacial score (nSPS) is 10.0. The summed E-state index contributed by atoms with van der Waals surface area (Å²) >= 11 is 4.72. The van der Waals surface area contributed by atoms with Crippen molar-refractivity contribution in [1.82, 2.24) is 14.9 Å². The van der Waals surface area contributed by atoms with Crippen LogP contribution >= 0.6 is 12.2 Å². The summed E-state index contributed by atoms with van der Waals surface area (Å²) in [5.74, 6) is 0.736. The maximum absolute atomic E-state index is 5.64. The molecule has 0 amide bonds. The van der Waals surface area contributed by atoms with Crippen LogP contribution in [0.3, 0.4) is 0 Å². The predicted octanol–water partition coefficient (Wildman–Crippen LogP) is 0.952. The molecular formula is C10H11N5S. The van der Waals surface area contributed by atoms with E-state index in [4.69, 9.17) is 18.0 Å². The molecule has 6 heteroatoms. The van der Waals surface area contributed by atoms with E-state index in [1.807, 2.05) is 30.3 Å². The third-order valence-corrected chi connectivity index (χ3v) is 2.24. The van der Waals surface area contributed by atoms with E-state index >= 15 is 0 Å². The van der Waals surface area contributed by atoms with Gasteiger partial charge in [0.25, 0.3) is 0 Å². The number of rotatable bonds is 4. The van der Waals surface area contributed by atoms with Crippen LogP contribution in [0.2, 0.25) is 0 Å². The van der Waals surface area contributed by atoms with Gasteiger partial charge in [0.15, 0.2) is 5.82 Å². The molecule has 16 heavy (non-hydrogen) atoms. The van der Waals surface area contributed by atoms with Crippen LogP contribution in [-0.4, -0.2) is 20.2 Å². The van der Waals surface area contributed by atoms with Crippen molar-refractivity contribution >= 4 is 23.5 Å². The van der Waals surface area contributed by atoms with Gasteiger partial charge in [0.2, 0.25) is 5.95 Å². The predicted molar refractivity (Wildman–Crippen MR) is 66.7 cm³/mol. The van der Waals surface area contributed by atoms with Crippen LogP contribution in [-0.2, 0) is 6.54 Å². The van der Waals surface area contributed by atoms with Crippen LogP contribution < -0.4 is 11.2 Å². The van der Waals surface area contributed by atoms with E-state index in [2.05, 4.69) is 15.5 Å². The Kier molecular flexibility index (Phi) is 3.11. The minimum absolute atomic E-state index is 0.298. The van der Waals surface area contributed by atoms with Crippen LogP contribution in [0.5, 0.6) is 0 Å². The summed E-state index contributed by atoms with van der Waals surface area (Å²) in [5, 5.41) is 5.44. The molecule has 1 aromatic heterocycles. The Labute approximate surface area is 98.3 Å². The lowest BCUT2D eigenvalue weighted by Crippen LogP contribution is -2.18. The molecule has 82 valence electrons. The fourth-order valence-electron chi connectivity index (χ4n) is 1.27. The molecule has 2 rings (SSSR count). The van der Waals surface area contributed by atoms with Gasteiger partial charge in [0.1, 0.15) is 0 Å². The van der Waals surface area contributed by atoms with Gasteiger partial charge in [-0.3, -0.25) is 0 Å². The molecule has 0 aliphatic heterocycles. The average Bonchev–Trinajstić information content (AvgIpc) is 2.69. The zero-order chi connectivity index (χ0) is 11.4. The lowest BCUT2D eigenvalue weighted by Gasteiger charge is -2.06. The topological polar surface area (TPSA) is 68.8 Å². The SMILES string of the molecule is Nc1nc(C=S)nn1NCc1ccccc1. The summed E-state index contributed by atoms with van der Waals surface area (Å²) in [4.78, 5) is 5.37. The first-order chi connectivity index (χ1) is 7.79. The molecule has 5 nitrogen and oxygen atoms in total. The number of nitrogens with two attached hydrogens (primary N) is 1. The maximum atomic E-state index is 5.64. The lowest BCUT2D eigenvalue weighted by atomic mass is 10.2. The second kappa shape index (κ2) is 4.71. The molecule has 1 aromatic carbocycles. The zero-order valence-electron chi connectivity index (χ0n) is 8.50. The molecule has 0 bridgehead atoms. The Bertz CT molecular complexity index is 479. The first-order valence-electron chi connectivity index (χ1n) is 4.75. The van der Waals surface area contributed by atoms with Gasteiger partial charge >= 0.3 is 0 Å². The van der Waals surface area contributed by atoms with Crippen LogP contribution in [0.1, 0.15) is 11.4 Å². The molecule has 0 saturated heterocycles. The highest BCUT2D eigenvalue weighted by Crippen LogP contribution is 2.00. The molecule has 0 aliphatic carbocycles. The van der Waals surface area contributed by atoms with Crippen molar-refractivity contribution in [2.75, 3.05) is 11.2 Å². The molecule has 1 heterocycles. The highest BCUT2D eigenvalue weighted by atomic mass is 32.1. The third-order valence-electron chi connectivity index (χ3n) is 2.03. The van der Waals surface area contributed by atoms with E-state index in [1.54, 1.807) is 0 Å². The van der Waals surface area contributed by atoms with Gasteiger partial charge < -0.3 is 11.2 Å². The van der Waals surface area contributed by atoms with E-state index in [-0.39, 0.29) is 0 Å². The summed E-state index contributed by atoms with van der Waals surface area (Å²) in [7, 11) is 0. The van der Waals surface area contributed by atoms with Gasteiger partial charge in [-0.15, -0.1) is 9.89 Å². The summed E-state index contributed by atoms with van der Waals surface area (Å²) in [5.41, 5.74) is 9.82. The van der Waals surface area contributed by atoms with Crippen molar-refractivity contribution in [3.63, 3.8) is 0 Å². The number of hydrogen-bond donors (Lipinski definition) is 2. The Balaban J connectivity index is 2.04. The number of nitrogens with one attached hydrogen (secondary N) is 1. The highest BCUT2D eigenvalue weighted by molar-refractivity contribution is 7.79. The molecule has 3 N–H and O–H groups in total. The number of benzene rings is 1. The van der Waals surface area contributed by atoms with E-state index in [1.165, 1.54) is 10.2 Å². The first kappa shape index (κ1) is 10.6. The van der Waals surface area contributed by atoms with Crippen molar-refractivity contribution in [2.24, 2.45) is 0 Å². The Morgan fingerprint density at radius 1 is 1.38 bits per heavy atom. The minimum Gasteiger partial charge on any atom is -0.367 e. The fourth-order valence-corrected chi connectivity index (χ4v) is 1.37. The molecule has 0 atom stereocenters. The number of aromatic nitrogens is 3. The van der Waals surface area contributed by atoms with Crippen LogP contribution in [0.25, 0.3) is 0 Å². The first-order valence-corrected chi connectivity index (χ1v) is 5.22. The highest BCUT2D eigenvalue weighted by Gasteiger charge is 2.03. The lowest BCUT2D eigenvalue weighted by molar-refractivity contribution is 0.739. The number of nitrogens with zero attached hydrogens (tertiary/aromatic N) is 3. The molecule has 0 radical (unpaired) electrons. The van der Waals surface area contributed by atoms with Crippen LogP contribution in [0, 0.1) is 0 Å². The van der Waals surface area contributed by atoms with Gasteiger partial charge in [0.05, 0.1) is 6.54 Å². The molecule has 0 aliphatic rings. The zero-order valence-corrected chi connectivity index (χ0v) is 9.31. The number of thiocarbonyl (C=S) groups is 1. The van der Waals surface area contributed by atoms with Gasteiger partial charge in [-0.05, 0) is 5.56 Å². The van der Waals surface area contributed by atoms with E-state index < -0.39 is 0 Å². The summed E-state index contributed by atoms with van der Waals surface area (Å²) in [6.07, 6.45) is 0. The van der Waals surface area contributed by atoms with E-state index in [9.17, 15) is 0 Å². The number of nitrogen functional groups attached to an aromatic ring is 1. The number of anilines is 1. The standard InChI is InChI=1S/C10H11N5S/c11-10-13-9(7-16)14-15(10)12-6-8-4-2-1-3-5-8/h1-5,7,12H,6H2,(H2,11,13,14). The summed E-state index contributed by atoms with van der Waals surface area (Å²) in [6.45, 7) is 0.630. The Morgan fingerprint density at radius 2 is 2.12 bits per heavy atom. The number of hydrogen-bond acceptors (Lipinski definition) is 5. The van der Waals surface area contributed by atoms with Crippen molar-refractivity contribution < 1.29 is 0 Å². The second-order valence-electron chi connectivity index (χ2n) is 3.18. The monoisotopic (exact) mass is 233 g/mol. The average molecular weight is 233 g/mol. The Morgan fingerprint density at radius 3 is 2.75 bits per heavy atom. The second-order valence-corrected chi connectivity index (χ2v) is 3.41. The Hall–Kier alpha value is -1.95. The third kappa shape index (κ3) is 2.34. The molecule has 0 unspecified atom stereocenters. The van der Waals surface area contributed by atoms with E-state index in [0.717, 1.165) is 5.56 Å². The molecule has 0 spiro atoms. The van der Waals surface area contributed by atoms with Crippen molar-refractivity contribution in [1.29, 1.82) is 0 Å². The fraction of sp³-hybridized carbons (Fsp3) is 0.100. The van der Waals surface area contributed by atoms with Gasteiger partial charge in [-0.25, -0.2) is 0 Å². The smallest absolute Gasteiger partial charge is 0.239 e. The van der Waals surface area contributed by atoms with Crippen LogP contribution in [0.15, 0.2) is 30.3 Å². The maximum Gasteiger partial charge on any atom is 0.239 e. The van der Waals surface area contributed by atoms with Crippen molar-refractivity contribution in [3.05, 3.63) is 41.7 Å². The molecule has 0 fully saturated rings. The molecule has 0 saturated carbocycles. The van der Waals surface area contributed by atoms with Crippen LogP contribution in [0.4, 0.5) is 5.95 Å². The van der Waals surface area contributed by atoms with Crippen molar-refractivity contribution in [3.8, 4) is 0 Å². The summed E-state index contributed by atoms with van der Waals surface area (Å²) in [6, 6.07) is 9.95.